The Kier molecular flexibility index (Phi) is 4.14. The number of rotatable bonds is 1. The van der Waals surface area contributed by atoms with Crippen molar-refractivity contribution in [3.63, 3.8) is 0 Å². The van der Waals surface area contributed by atoms with E-state index in [1.54, 1.807) is 11.1 Å². The van der Waals surface area contributed by atoms with Gasteiger partial charge in [-0.1, -0.05) is 0 Å². The zero-order chi connectivity index (χ0) is 19.2. The van der Waals surface area contributed by atoms with Crippen LogP contribution in [0, 0.1) is 0 Å². The number of likely N-dealkylation sites (tertiary alicyclic amines) is 1. The predicted molar refractivity (Wildman–Crippen MR) is 103 cm³/mol. The average molecular weight is 389 g/mol. The van der Waals surface area contributed by atoms with E-state index in [0.717, 1.165) is 16.1 Å². The van der Waals surface area contributed by atoms with Crippen LogP contribution in [-0.2, 0) is 4.74 Å². The van der Waals surface area contributed by atoms with Gasteiger partial charge in [-0.25, -0.2) is 4.79 Å². The molecule has 9 heteroatoms. The number of anilines is 1. The zero-order valence-electron chi connectivity index (χ0n) is 15.6. The van der Waals surface area contributed by atoms with Gasteiger partial charge in [-0.3, -0.25) is 9.89 Å². The molecule has 4 heterocycles. The van der Waals surface area contributed by atoms with E-state index >= 15 is 0 Å². The summed E-state index contributed by atoms with van der Waals surface area (Å²) in [4.78, 5) is 28.3. The second-order valence-electron chi connectivity index (χ2n) is 7.97. The Labute approximate surface area is 161 Å². The molecular weight excluding hydrogens is 366 g/mol. The third-order valence-electron chi connectivity index (χ3n) is 4.72. The monoisotopic (exact) mass is 389 g/mol. The quantitative estimate of drug-likeness (QED) is 0.696. The molecule has 1 saturated heterocycles. The minimum Gasteiger partial charge on any atom is -0.444 e. The van der Waals surface area contributed by atoms with Crippen LogP contribution in [0.15, 0.2) is 18.5 Å². The van der Waals surface area contributed by atoms with Crippen LogP contribution in [0.1, 0.15) is 43.3 Å². The summed E-state index contributed by atoms with van der Waals surface area (Å²) in [5.41, 5.74) is 0.749. The number of hydrogen-bond donors (Lipinski definition) is 3. The van der Waals surface area contributed by atoms with Crippen LogP contribution in [0.3, 0.4) is 0 Å². The Bertz CT molecular complexity index is 860. The number of aromatic amines is 1. The summed E-state index contributed by atoms with van der Waals surface area (Å²) >= 11 is 1.44. The third kappa shape index (κ3) is 3.51. The molecule has 2 aliphatic rings. The fourth-order valence-electron chi connectivity index (χ4n) is 3.39. The first-order valence-corrected chi connectivity index (χ1v) is 9.78. The highest BCUT2D eigenvalue weighted by Crippen LogP contribution is 2.40. The molecule has 0 saturated carbocycles. The summed E-state index contributed by atoms with van der Waals surface area (Å²) in [6.07, 6.45) is 4.48. The third-order valence-corrected chi connectivity index (χ3v) is 5.90. The van der Waals surface area contributed by atoms with Gasteiger partial charge in [0.1, 0.15) is 16.1 Å². The second-order valence-corrected chi connectivity index (χ2v) is 9.02. The summed E-state index contributed by atoms with van der Waals surface area (Å²) in [6, 6.07) is 1.99. The number of amides is 2. The molecule has 0 atom stereocenters. The number of hydrogen-bond acceptors (Lipinski definition) is 6. The van der Waals surface area contributed by atoms with Crippen LogP contribution >= 0.6 is 11.3 Å². The lowest BCUT2D eigenvalue weighted by atomic mass is 9.94. The lowest BCUT2D eigenvalue weighted by Crippen LogP contribution is -2.62. The number of fused-ring (bicyclic) bond motifs is 1. The van der Waals surface area contributed by atoms with E-state index in [1.807, 2.05) is 33.0 Å². The Morgan fingerprint density at radius 1 is 1.30 bits per heavy atom. The molecule has 27 heavy (non-hydrogen) atoms. The molecule has 2 aromatic rings. The van der Waals surface area contributed by atoms with E-state index in [9.17, 15) is 9.59 Å². The Balaban J connectivity index is 1.48. The number of ether oxygens (including phenoxy) is 1. The molecule has 144 valence electrons. The van der Waals surface area contributed by atoms with Gasteiger partial charge in [-0.15, -0.1) is 11.3 Å². The lowest BCUT2D eigenvalue weighted by molar-refractivity contribution is 0.0163. The van der Waals surface area contributed by atoms with Gasteiger partial charge < -0.3 is 20.3 Å². The van der Waals surface area contributed by atoms with Gasteiger partial charge in [0.2, 0.25) is 0 Å². The molecule has 4 rings (SSSR count). The first kappa shape index (κ1) is 17.8. The van der Waals surface area contributed by atoms with Gasteiger partial charge in [0.25, 0.3) is 5.91 Å². The Hall–Kier alpha value is -2.55. The molecular formula is C18H23N5O3S. The van der Waals surface area contributed by atoms with E-state index in [1.165, 1.54) is 11.3 Å². The molecule has 8 nitrogen and oxygen atoms in total. The number of nitrogens with one attached hydrogen (secondary N) is 3. The summed E-state index contributed by atoms with van der Waals surface area (Å²) in [5.74, 6) is -0.0748. The number of H-pyrrole nitrogens is 1. The number of nitrogens with zero attached hydrogens (tertiary/aromatic N) is 2. The largest absolute Gasteiger partial charge is 0.444 e. The van der Waals surface area contributed by atoms with Crippen LogP contribution in [-0.4, -0.2) is 51.5 Å². The topological polar surface area (TPSA) is 99.3 Å². The fourth-order valence-corrected chi connectivity index (χ4v) is 4.38. The van der Waals surface area contributed by atoms with Gasteiger partial charge in [-0.05, 0) is 26.8 Å². The molecule has 1 spiro atoms. The van der Waals surface area contributed by atoms with Crippen LogP contribution < -0.4 is 10.6 Å². The summed E-state index contributed by atoms with van der Waals surface area (Å²) < 4.78 is 5.45. The molecule has 0 aliphatic carbocycles. The van der Waals surface area contributed by atoms with Crippen LogP contribution in [0.4, 0.5) is 10.5 Å². The highest BCUT2D eigenvalue weighted by atomic mass is 32.1. The summed E-state index contributed by atoms with van der Waals surface area (Å²) in [7, 11) is 0. The molecule has 3 N–H and O–H groups in total. The summed E-state index contributed by atoms with van der Waals surface area (Å²) in [5, 5.41) is 13.4. The average Bonchev–Trinajstić information content (AvgIpc) is 3.22. The van der Waals surface area contributed by atoms with Crippen LogP contribution in [0.2, 0.25) is 0 Å². The van der Waals surface area contributed by atoms with Gasteiger partial charge >= 0.3 is 6.09 Å². The van der Waals surface area contributed by atoms with Crippen molar-refractivity contribution in [3.05, 3.63) is 23.3 Å². The number of carbonyl (C=O) groups is 2. The molecule has 0 radical (unpaired) electrons. The van der Waals surface area contributed by atoms with E-state index in [2.05, 4.69) is 20.8 Å². The minimum atomic E-state index is -0.530. The van der Waals surface area contributed by atoms with Gasteiger partial charge in [0.05, 0.1) is 11.9 Å². The molecule has 0 unspecified atom stereocenters. The SMILES string of the molecule is CC(C)(C)OC(=O)N1CCC2(CC1)NC(=O)c1sc(-c3cn[nH]c3)cc1N2. The van der Waals surface area contributed by atoms with E-state index < -0.39 is 11.3 Å². The van der Waals surface area contributed by atoms with Gasteiger partial charge in [0, 0.05) is 42.6 Å². The highest BCUT2D eigenvalue weighted by molar-refractivity contribution is 7.18. The van der Waals surface area contributed by atoms with Gasteiger partial charge in [0.15, 0.2) is 0 Å². The fraction of sp³-hybridized carbons (Fsp3) is 0.500. The van der Waals surface area contributed by atoms with Crippen LogP contribution in [0.5, 0.6) is 0 Å². The van der Waals surface area contributed by atoms with Crippen molar-refractivity contribution >= 4 is 29.0 Å². The van der Waals surface area contributed by atoms with Crippen molar-refractivity contribution in [2.75, 3.05) is 18.4 Å². The smallest absolute Gasteiger partial charge is 0.410 e. The predicted octanol–water partition coefficient (Wildman–Crippen LogP) is 3.02. The standard InChI is InChI=1S/C18H23N5O3S/c1-17(2,3)26-16(25)23-6-4-18(5-7-23)21-12-8-13(11-9-19-20-10-11)27-14(12)15(24)22-18/h8-10,21H,4-7H2,1-3H3,(H,19,20)(H,22,24). The van der Waals surface area contributed by atoms with E-state index in [4.69, 9.17) is 4.74 Å². The van der Waals surface area contributed by atoms with E-state index in [-0.39, 0.29) is 12.0 Å². The number of piperidine rings is 1. The van der Waals surface area contributed by atoms with Crippen LogP contribution in [0.25, 0.3) is 10.4 Å². The Morgan fingerprint density at radius 3 is 2.67 bits per heavy atom. The van der Waals surface area contributed by atoms with Gasteiger partial charge in [-0.2, -0.15) is 5.10 Å². The highest BCUT2D eigenvalue weighted by Gasteiger charge is 2.42. The first-order chi connectivity index (χ1) is 12.7. The molecule has 2 aliphatic heterocycles. The van der Waals surface area contributed by atoms with Crippen molar-refractivity contribution in [2.45, 2.75) is 44.9 Å². The first-order valence-electron chi connectivity index (χ1n) is 8.96. The number of aromatic nitrogens is 2. The second kappa shape index (κ2) is 6.26. The maximum atomic E-state index is 12.7. The summed E-state index contributed by atoms with van der Waals surface area (Å²) in [6.45, 7) is 6.62. The normalized spacial score (nSPS) is 18.6. The van der Waals surface area contributed by atoms with Crippen molar-refractivity contribution in [3.8, 4) is 10.4 Å². The van der Waals surface area contributed by atoms with Crippen molar-refractivity contribution in [1.82, 2.24) is 20.4 Å². The molecule has 0 aromatic carbocycles. The molecule has 2 amide bonds. The lowest BCUT2D eigenvalue weighted by Gasteiger charge is -2.45. The molecule has 1 fully saturated rings. The maximum absolute atomic E-state index is 12.7. The number of carbonyl (C=O) groups excluding carboxylic acids is 2. The zero-order valence-corrected chi connectivity index (χ0v) is 16.4. The minimum absolute atomic E-state index is 0.0748. The molecule has 2 aromatic heterocycles. The maximum Gasteiger partial charge on any atom is 0.410 e. The molecule has 0 bridgehead atoms. The van der Waals surface area contributed by atoms with Crippen molar-refractivity contribution in [1.29, 1.82) is 0 Å². The van der Waals surface area contributed by atoms with Crippen molar-refractivity contribution in [2.24, 2.45) is 0 Å². The number of thiophene rings is 1. The Morgan fingerprint density at radius 2 is 2.04 bits per heavy atom. The van der Waals surface area contributed by atoms with E-state index in [0.29, 0.717) is 30.8 Å². The van der Waals surface area contributed by atoms with Crippen molar-refractivity contribution < 1.29 is 14.3 Å².